The highest BCUT2D eigenvalue weighted by molar-refractivity contribution is 6.32. The fourth-order valence-corrected chi connectivity index (χ4v) is 2.47. The van der Waals surface area contributed by atoms with Gasteiger partial charge in [0.05, 0.1) is 17.7 Å². The Morgan fingerprint density at radius 2 is 2.37 bits per heavy atom. The van der Waals surface area contributed by atoms with E-state index in [1.165, 1.54) is 0 Å². The van der Waals surface area contributed by atoms with Crippen LogP contribution in [0.1, 0.15) is 18.4 Å². The van der Waals surface area contributed by atoms with Gasteiger partial charge in [-0.1, -0.05) is 17.7 Å². The molecule has 104 valence electrons. The van der Waals surface area contributed by atoms with Gasteiger partial charge in [0.1, 0.15) is 5.75 Å². The van der Waals surface area contributed by atoms with Gasteiger partial charge in [0.15, 0.2) is 6.61 Å². The molecule has 4 nitrogen and oxygen atoms in total. The lowest BCUT2D eigenvalue weighted by Gasteiger charge is -2.23. The Kier molecular flexibility index (Phi) is 4.66. The lowest BCUT2D eigenvalue weighted by atomic mass is 10.2. The number of carbonyl (C=O) groups excluding carboxylic acids is 1. The highest BCUT2D eigenvalue weighted by atomic mass is 35.5. The molecular weight excluding hydrogens is 266 g/mol. The molecule has 1 amide bonds. The molecule has 2 rings (SSSR count). The van der Waals surface area contributed by atoms with E-state index in [1.54, 1.807) is 11.0 Å². The molecule has 1 unspecified atom stereocenters. The number of rotatable bonds is 4. The van der Waals surface area contributed by atoms with E-state index in [0.717, 1.165) is 18.4 Å². The number of likely N-dealkylation sites (tertiary alicyclic amines) is 1. The van der Waals surface area contributed by atoms with E-state index in [1.807, 2.05) is 19.1 Å². The smallest absolute Gasteiger partial charge is 0.260 e. The zero-order valence-corrected chi connectivity index (χ0v) is 11.7. The molecule has 1 saturated heterocycles. The topological polar surface area (TPSA) is 49.8 Å². The van der Waals surface area contributed by atoms with Crippen molar-refractivity contribution in [3.63, 3.8) is 0 Å². The Labute approximate surface area is 117 Å². The highest BCUT2D eigenvalue weighted by Crippen LogP contribution is 2.25. The Balaban J connectivity index is 1.95. The van der Waals surface area contributed by atoms with Crippen molar-refractivity contribution in [3.8, 4) is 5.75 Å². The largest absolute Gasteiger partial charge is 0.482 e. The Morgan fingerprint density at radius 3 is 3.11 bits per heavy atom. The molecule has 1 aliphatic heterocycles. The molecule has 0 saturated carbocycles. The van der Waals surface area contributed by atoms with Crippen LogP contribution in [-0.2, 0) is 4.79 Å². The molecular formula is C14H18ClNO3. The van der Waals surface area contributed by atoms with Gasteiger partial charge in [-0.2, -0.15) is 0 Å². The number of carbonyl (C=O) groups is 1. The summed E-state index contributed by atoms with van der Waals surface area (Å²) in [4.78, 5) is 13.7. The van der Waals surface area contributed by atoms with Crippen LogP contribution in [0.4, 0.5) is 0 Å². The second kappa shape index (κ2) is 6.26. The van der Waals surface area contributed by atoms with Gasteiger partial charge in [-0.15, -0.1) is 0 Å². The molecule has 1 aliphatic rings. The lowest BCUT2D eigenvalue weighted by molar-refractivity contribution is -0.134. The van der Waals surface area contributed by atoms with Crippen LogP contribution in [0.3, 0.4) is 0 Å². The van der Waals surface area contributed by atoms with Gasteiger partial charge >= 0.3 is 0 Å². The van der Waals surface area contributed by atoms with Gasteiger partial charge < -0.3 is 14.7 Å². The molecule has 1 aromatic carbocycles. The van der Waals surface area contributed by atoms with E-state index >= 15 is 0 Å². The van der Waals surface area contributed by atoms with Crippen LogP contribution in [0.5, 0.6) is 5.75 Å². The molecule has 0 bridgehead atoms. The predicted molar refractivity (Wildman–Crippen MR) is 73.5 cm³/mol. The minimum atomic E-state index is -0.103. The van der Waals surface area contributed by atoms with Gasteiger partial charge in [0, 0.05) is 6.54 Å². The zero-order valence-electron chi connectivity index (χ0n) is 10.9. The van der Waals surface area contributed by atoms with Crippen LogP contribution in [0.2, 0.25) is 5.02 Å². The summed E-state index contributed by atoms with van der Waals surface area (Å²) in [6.07, 6.45) is 1.79. The summed E-state index contributed by atoms with van der Waals surface area (Å²) in [6.45, 7) is 2.60. The molecule has 0 spiro atoms. The van der Waals surface area contributed by atoms with Crippen molar-refractivity contribution in [1.29, 1.82) is 0 Å². The first-order valence-electron chi connectivity index (χ1n) is 6.41. The number of aliphatic hydroxyl groups is 1. The lowest BCUT2D eigenvalue weighted by Crippen LogP contribution is -2.40. The number of halogens is 1. The average molecular weight is 284 g/mol. The quantitative estimate of drug-likeness (QED) is 0.920. The molecule has 1 heterocycles. The monoisotopic (exact) mass is 283 g/mol. The van der Waals surface area contributed by atoms with Gasteiger partial charge in [0.25, 0.3) is 5.91 Å². The Bertz CT molecular complexity index is 464. The van der Waals surface area contributed by atoms with Crippen molar-refractivity contribution < 1.29 is 14.6 Å². The van der Waals surface area contributed by atoms with Gasteiger partial charge in [-0.25, -0.2) is 0 Å². The second-order valence-corrected chi connectivity index (χ2v) is 5.20. The molecule has 1 fully saturated rings. The first kappa shape index (κ1) is 14.2. The summed E-state index contributed by atoms with van der Waals surface area (Å²) in [5, 5.41) is 9.69. The maximum atomic E-state index is 12.0. The molecule has 0 radical (unpaired) electrons. The molecule has 19 heavy (non-hydrogen) atoms. The summed E-state index contributed by atoms with van der Waals surface area (Å²) in [6, 6.07) is 5.38. The number of benzene rings is 1. The van der Waals surface area contributed by atoms with Gasteiger partial charge in [-0.3, -0.25) is 4.79 Å². The summed E-state index contributed by atoms with van der Waals surface area (Å²) >= 11 is 6.01. The third-order valence-electron chi connectivity index (χ3n) is 3.35. The van der Waals surface area contributed by atoms with Crippen LogP contribution < -0.4 is 4.74 Å². The minimum absolute atomic E-state index is 0.0109. The van der Waals surface area contributed by atoms with Crippen LogP contribution in [0.25, 0.3) is 0 Å². The van der Waals surface area contributed by atoms with Crippen molar-refractivity contribution in [2.75, 3.05) is 19.8 Å². The molecule has 1 atom stereocenters. The summed E-state index contributed by atoms with van der Waals surface area (Å²) in [5.41, 5.74) is 1.03. The van der Waals surface area contributed by atoms with Crippen molar-refractivity contribution in [3.05, 3.63) is 28.8 Å². The molecule has 0 aromatic heterocycles. The van der Waals surface area contributed by atoms with Crippen molar-refractivity contribution in [2.45, 2.75) is 25.8 Å². The van der Waals surface area contributed by atoms with E-state index in [2.05, 4.69) is 0 Å². The summed E-state index contributed by atoms with van der Waals surface area (Å²) in [7, 11) is 0. The Hall–Kier alpha value is -1.26. The number of aliphatic hydroxyl groups excluding tert-OH is 1. The van der Waals surface area contributed by atoms with E-state index in [0.29, 0.717) is 17.3 Å². The van der Waals surface area contributed by atoms with Crippen LogP contribution in [-0.4, -0.2) is 41.7 Å². The Morgan fingerprint density at radius 1 is 1.58 bits per heavy atom. The van der Waals surface area contributed by atoms with E-state index in [9.17, 15) is 9.90 Å². The van der Waals surface area contributed by atoms with Gasteiger partial charge in [0.2, 0.25) is 0 Å². The van der Waals surface area contributed by atoms with Gasteiger partial charge in [-0.05, 0) is 37.5 Å². The molecule has 5 heteroatoms. The maximum absolute atomic E-state index is 12.0. The summed E-state index contributed by atoms with van der Waals surface area (Å²) in [5.74, 6) is 0.420. The number of hydrogen-bond acceptors (Lipinski definition) is 3. The average Bonchev–Trinajstić information content (AvgIpc) is 2.88. The second-order valence-electron chi connectivity index (χ2n) is 4.79. The number of hydrogen-bond donors (Lipinski definition) is 1. The molecule has 1 N–H and O–H groups in total. The minimum Gasteiger partial charge on any atom is -0.482 e. The fourth-order valence-electron chi connectivity index (χ4n) is 2.30. The fraction of sp³-hybridized carbons (Fsp3) is 0.500. The van der Waals surface area contributed by atoms with E-state index in [-0.39, 0.29) is 25.2 Å². The number of ether oxygens (including phenoxy) is 1. The number of nitrogens with zero attached hydrogens (tertiary/aromatic N) is 1. The van der Waals surface area contributed by atoms with Crippen molar-refractivity contribution >= 4 is 17.5 Å². The zero-order chi connectivity index (χ0) is 13.8. The SMILES string of the molecule is Cc1ccc(Cl)c(OCC(=O)N2CCCC2CO)c1. The third kappa shape index (κ3) is 3.39. The van der Waals surface area contributed by atoms with Crippen molar-refractivity contribution in [1.82, 2.24) is 4.90 Å². The van der Waals surface area contributed by atoms with Crippen molar-refractivity contribution in [2.24, 2.45) is 0 Å². The summed E-state index contributed by atoms with van der Waals surface area (Å²) < 4.78 is 5.48. The number of aryl methyl sites for hydroxylation is 1. The maximum Gasteiger partial charge on any atom is 0.260 e. The standard InChI is InChI=1S/C14H18ClNO3/c1-10-4-5-12(15)13(7-10)19-9-14(18)16-6-2-3-11(16)8-17/h4-5,7,11,17H,2-3,6,8-9H2,1H3. The number of amides is 1. The van der Waals surface area contributed by atoms with Crippen LogP contribution >= 0.6 is 11.6 Å². The predicted octanol–water partition coefficient (Wildman–Crippen LogP) is 2.01. The normalized spacial score (nSPS) is 18.7. The highest BCUT2D eigenvalue weighted by Gasteiger charge is 2.28. The first-order chi connectivity index (χ1) is 9.11. The third-order valence-corrected chi connectivity index (χ3v) is 3.66. The van der Waals surface area contributed by atoms with E-state index in [4.69, 9.17) is 16.3 Å². The first-order valence-corrected chi connectivity index (χ1v) is 6.79. The van der Waals surface area contributed by atoms with Crippen LogP contribution in [0, 0.1) is 6.92 Å². The van der Waals surface area contributed by atoms with E-state index < -0.39 is 0 Å². The molecule has 1 aromatic rings. The van der Waals surface area contributed by atoms with Crippen LogP contribution in [0.15, 0.2) is 18.2 Å². The molecule has 0 aliphatic carbocycles.